The first-order chi connectivity index (χ1) is 15.7. The molecule has 0 radical (unpaired) electrons. The summed E-state index contributed by atoms with van der Waals surface area (Å²) in [5, 5.41) is 7.85. The van der Waals surface area contributed by atoms with E-state index in [-0.39, 0.29) is 11.4 Å². The highest BCUT2D eigenvalue weighted by atomic mass is 16.2. The number of carbonyl (C=O) groups is 1. The first-order valence-corrected chi connectivity index (χ1v) is 12.5. The van der Waals surface area contributed by atoms with Gasteiger partial charge in [-0.1, -0.05) is 76.9 Å². The summed E-state index contributed by atoms with van der Waals surface area (Å²) in [6.45, 7) is 11.6. The maximum atomic E-state index is 13.2. The van der Waals surface area contributed by atoms with Crippen molar-refractivity contribution in [2.75, 3.05) is 11.9 Å². The van der Waals surface area contributed by atoms with Gasteiger partial charge in [0.15, 0.2) is 0 Å². The van der Waals surface area contributed by atoms with Crippen LogP contribution in [0.3, 0.4) is 0 Å². The van der Waals surface area contributed by atoms with Crippen molar-refractivity contribution in [2.45, 2.75) is 77.6 Å². The molecule has 33 heavy (non-hydrogen) atoms. The molecule has 1 aliphatic rings. The molecule has 1 saturated carbocycles. The SMILES string of the molecule is Cc1c(C2(CNC(=O)Nc3c(C(C)C)cccc3C(C)C)CCCC2)c2ccccc2n1C. The molecular formula is C29H39N3O. The summed E-state index contributed by atoms with van der Waals surface area (Å²) >= 11 is 0. The van der Waals surface area contributed by atoms with Gasteiger partial charge >= 0.3 is 6.03 Å². The molecule has 2 amide bonds. The maximum absolute atomic E-state index is 13.2. The van der Waals surface area contributed by atoms with Gasteiger partial charge in [0.25, 0.3) is 0 Å². The molecule has 176 valence electrons. The molecule has 2 aromatic carbocycles. The van der Waals surface area contributed by atoms with Crippen molar-refractivity contribution in [3.63, 3.8) is 0 Å². The van der Waals surface area contributed by atoms with Gasteiger partial charge in [-0.2, -0.15) is 0 Å². The van der Waals surface area contributed by atoms with Crippen molar-refractivity contribution in [1.82, 2.24) is 9.88 Å². The molecule has 0 unspecified atom stereocenters. The van der Waals surface area contributed by atoms with E-state index in [0.29, 0.717) is 18.4 Å². The van der Waals surface area contributed by atoms with Gasteiger partial charge in [-0.25, -0.2) is 4.79 Å². The van der Waals surface area contributed by atoms with Crippen molar-refractivity contribution in [1.29, 1.82) is 0 Å². The topological polar surface area (TPSA) is 46.1 Å². The number of benzene rings is 2. The molecule has 4 rings (SSSR count). The Hall–Kier alpha value is -2.75. The summed E-state index contributed by atoms with van der Waals surface area (Å²) in [7, 11) is 2.15. The van der Waals surface area contributed by atoms with Crippen LogP contribution in [-0.4, -0.2) is 17.1 Å². The molecule has 0 atom stereocenters. The van der Waals surface area contributed by atoms with Crippen molar-refractivity contribution >= 4 is 22.6 Å². The van der Waals surface area contributed by atoms with E-state index in [9.17, 15) is 4.79 Å². The van der Waals surface area contributed by atoms with Gasteiger partial charge in [0, 0.05) is 41.3 Å². The fourth-order valence-corrected chi connectivity index (χ4v) is 5.86. The monoisotopic (exact) mass is 445 g/mol. The van der Waals surface area contributed by atoms with Gasteiger partial charge in [0.05, 0.1) is 0 Å². The largest absolute Gasteiger partial charge is 0.348 e. The Kier molecular flexibility index (Phi) is 6.56. The number of urea groups is 1. The summed E-state index contributed by atoms with van der Waals surface area (Å²) < 4.78 is 2.30. The summed E-state index contributed by atoms with van der Waals surface area (Å²) in [6.07, 6.45) is 4.64. The van der Waals surface area contributed by atoms with Crippen LogP contribution in [-0.2, 0) is 12.5 Å². The molecule has 2 N–H and O–H groups in total. The van der Waals surface area contributed by atoms with E-state index in [1.54, 1.807) is 0 Å². The molecule has 0 saturated heterocycles. The zero-order chi connectivity index (χ0) is 23.8. The Morgan fingerprint density at radius 2 is 1.58 bits per heavy atom. The first-order valence-electron chi connectivity index (χ1n) is 12.5. The Bertz CT molecular complexity index is 1120. The Morgan fingerprint density at radius 3 is 2.18 bits per heavy atom. The van der Waals surface area contributed by atoms with E-state index in [2.05, 4.69) is 99.3 Å². The number of nitrogens with one attached hydrogen (secondary N) is 2. The van der Waals surface area contributed by atoms with E-state index in [4.69, 9.17) is 0 Å². The maximum Gasteiger partial charge on any atom is 0.319 e. The van der Waals surface area contributed by atoms with Crippen molar-refractivity contribution in [3.05, 3.63) is 64.8 Å². The lowest BCUT2D eigenvalue weighted by Crippen LogP contribution is -2.41. The molecule has 3 aromatic rings. The zero-order valence-electron chi connectivity index (χ0n) is 21.1. The molecule has 4 nitrogen and oxygen atoms in total. The molecule has 1 heterocycles. The number of nitrogens with zero attached hydrogens (tertiary/aromatic N) is 1. The third-order valence-electron chi connectivity index (χ3n) is 7.69. The zero-order valence-corrected chi connectivity index (χ0v) is 21.1. The van der Waals surface area contributed by atoms with Crippen LogP contribution in [0.1, 0.15) is 87.6 Å². The fraction of sp³-hybridized carbons (Fsp3) is 0.483. The Labute approximate surface area is 198 Å². The van der Waals surface area contributed by atoms with Crippen LogP contribution in [0.15, 0.2) is 42.5 Å². The minimum Gasteiger partial charge on any atom is -0.348 e. The number of amides is 2. The van der Waals surface area contributed by atoms with Crippen LogP contribution in [0, 0.1) is 6.92 Å². The van der Waals surface area contributed by atoms with Crippen LogP contribution in [0.2, 0.25) is 0 Å². The molecule has 0 aliphatic heterocycles. The second kappa shape index (κ2) is 9.24. The highest BCUT2D eigenvalue weighted by Gasteiger charge is 2.39. The predicted octanol–water partition coefficient (Wildman–Crippen LogP) is 7.37. The minimum atomic E-state index is -0.103. The lowest BCUT2D eigenvalue weighted by atomic mass is 9.77. The van der Waals surface area contributed by atoms with Crippen molar-refractivity contribution in [2.24, 2.45) is 7.05 Å². The number of hydrogen-bond acceptors (Lipinski definition) is 1. The van der Waals surface area contributed by atoms with E-state index in [0.717, 1.165) is 18.5 Å². The van der Waals surface area contributed by atoms with Gasteiger partial charge < -0.3 is 15.2 Å². The molecule has 1 aliphatic carbocycles. The van der Waals surface area contributed by atoms with Crippen LogP contribution in [0.4, 0.5) is 10.5 Å². The van der Waals surface area contributed by atoms with Crippen LogP contribution in [0.5, 0.6) is 0 Å². The summed E-state index contributed by atoms with van der Waals surface area (Å²) in [5.41, 5.74) is 7.35. The van der Waals surface area contributed by atoms with Gasteiger partial charge in [-0.05, 0) is 54.4 Å². The third-order valence-corrected chi connectivity index (χ3v) is 7.69. The summed E-state index contributed by atoms with van der Waals surface area (Å²) in [5.74, 6) is 0.692. The molecule has 0 spiro atoms. The van der Waals surface area contributed by atoms with E-state index < -0.39 is 0 Å². The van der Waals surface area contributed by atoms with E-state index in [1.807, 2.05) is 0 Å². The normalized spacial score (nSPS) is 15.5. The summed E-state index contributed by atoms with van der Waals surface area (Å²) in [6, 6.07) is 14.9. The molecular weight excluding hydrogens is 406 g/mol. The number of hydrogen-bond donors (Lipinski definition) is 2. The van der Waals surface area contributed by atoms with Crippen LogP contribution < -0.4 is 10.6 Å². The Morgan fingerprint density at radius 1 is 0.970 bits per heavy atom. The van der Waals surface area contributed by atoms with Crippen molar-refractivity contribution in [3.8, 4) is 0 Å². The number of carbonyl (C=O) groups excluding carboxylic acids is 1. The second-order valence-electron chi connectivity index (χ2n) is 10.5. The third kappa shape index (κ3) is 4.28. The standard InChI is InChI=1S/C29H39N3O/c1-19(2)22-13-11-14-23(20(3)4)27(22)31-28(33)30-18-29(16-9-10-17-29)26-21(5)32(6)25-15-8-7-12-24(25)26/h7-8,11-15,19-20H,9-10,16-18H2,1-6H3,(H2,30,31,33). The van der Waals surface area contributed by atoms with Gasteiger partial charge in [0.2, 0.25) is 0 Å². The fourth-order valence-electron chi connectivity index (χ4n) is 5.86. The van der Waals surface area contributed by atoms with E-state index in [1.165, 1.54) is 46.1 Å². The first kappa shape index (κ1) is 23.4. The number of para-hydroxylation sites is 2. The molecule has 4 heteroatoms. The average molecular weight is 446 g/mol. The number of anilines is 1. The highest BCUT2D eigenvalue weighted by molar-refractivity contribution is 5.92. The van der Waals surface area contributed by atoms with Crippen molar-refractivity contribution < 1.29 is 4.79 Å². The van der Waals surface area contributed by atoms with Gasteiger partial charge in [-0.3, -0.25) is 0 Å². The molecule has 1 fully saturated rings. The number of aryl methyl sites for hydroxylation is 1. The van der Waals surface area contributed by atoms with Crippen LogP contribution >= 0.6 is 0 Å². The van der Waals surface area contributed by atoms with Gasteiger partial charge in [0.1, 0.15) is 0 Å². The molecule has 1 aromatic heterocycles. The predicted molar refractivity (Wildman–Crippen MR) is 139 cm³/mol. The number of fused-ring (bicyclic) bond motifs is 1. The number of rotatable bonds is 6. The average Bonchev–Trinajstić information content (AvgIpc) is 3.36. The Balaban J connectivity index is 1.62. The highest BCUT2D eigenvalue weighted by Crippen LogP contribution is 2.45. The van der Waals surface area contributed by atoms with E-state index >= 15 is 0 Å². The van der Waals surface area contributed by atoms with Gasteiger partial charge in [-0.15, -0.1) is 0 Å². The lowest BCUT2D eigenvalue weighted by Gasteiger charge is -2.31. The quantitative estimate of drug-likeness (QED) is 0.409. The minimum absolute atomic E-state index is 0.0132. The second-order valence-corrected chi connectivity index (χ2v) is 10.5. The summed E-state index contributed by atoms with van der Waals surface area (Å²) in [4.78, 5) is 13.2. The van der Waals surface area contributed by atoms with Crippen LogP contribution in [0.25, 0.3) is 10.9 Å². The number of aromatic nitrogens is 1. The smallest absolute Gasteiger partial charge is 0.319 e. The lowest BCUT2D eigenvalue weighted by molar-refractivity contribution is 0.248. The molecule has 0 bridgehead atoms.